The van der Waals surface area contributed by atoms with Crippen LogP contribution >= 0.6 is 0 Å². The van der Waals surface area contributed by atoms with Crippen LogP contribution in [0, 0.1) is 10.1 Å². The van der Waals surface area contributed by atoms with Crippen molar-refractivity contribution in [1.29, 1.82) is 0 Å². The van der Waals surface area contributed by atoms with Gasteiger partial charge in [-0.1, -0.05) is 0 Å². The summed E-state index contributed by atoms with van der Waals surface area (Å²) in [5, 5.41) is 11.3. The highest BCUT2D eigenvalue weighted by Crippen LogP contribution is 2.37. The van der Waals surface area contributed by atoms with E-state index in [0.29, 0.717) is 11.8 Å². The van der Waals surface area contributed by atoms with Crippen molar-refractivity contribution in [3.05, 3.63) is 28.3 Å². The van der Waals surface area contributed by atoms with Crippen molar-refractivity contribution in [2.45, 2.75) is 25.0 Å². The standard InChI is InChI=1S/C17H24N4O3/c1-18-6-8-19(9-7-18)14-11-20(12-14)13-2-5-17(24-15-3-4-15)16(10-13)21(22)23/h2,5,10,14-15H,3-4,6-9,11-12H2,1H3. The summed E-state index contributed by atoms with van der Waals surface area (Å²) in [5.74, 6) is 0.405. The Labute approximate surface area is 141 Å². The Morgan fingerprint density at radius 2 is 1.88 bits per heavy atom. The third kappa shape index (κ3) is 3.18. The first-order chi connectivity index (χ1) is 11.6. The van der Waals surface area contributed by atoms with E-state index in [1.54, 1.807) is 12.1 Å². The second-order valence-corrected chi connectivity index (χ2v) is 7.12. The zero-order valence-electron chi connectivity index (χ0n) is 14.1. The number of likely N-dealkylation sites (N-methyl/N-ethyl adjacent to an activating group) is 1. The van der Waals surface area contributed by atoms with E-state index in [9.17, 15) is 10.1 Å². The molecule has 1 aliphatic carbocycles. The minimum atomic E-state index is -0.334. The lowest BCUT2D eigenvalue weighted by Gasteiger charge is -2.48. The van der Waals surface area contributed by atoms with Crippen molar-refractivity contribution in [2.75, 3.05) is 51.2 Å². The lowest BCUT2D eigenvalue weighted by atomic mass is 10.0. The van der Waals surface area contributed by atoms with Crippen molar-refractivity contribution in [1.82, 2.24) is 9.80 Å². The maximum atomic E-state index is 11.3. The predicted octanol–water partition coefficient (Wildman–Crippen LogP) is 1.57. The van der Waals surface area contributed by atoms with Gasteiger partial charge in [-0.25, -0.2) is 0 Å². The lowest BCUT2D eigenvalue weighted by Crippen LogP contribution is -2.63. The predicted molar refractivity (Wildman–Crippen MR) is 91.8 cm³/mol. The minimum absolute atomic E-state index is 0.0856. The van der Waals surface area contributed by atoms with Crippen LogP contribution < -0.4 is 9.64 Å². The van der Waals surface area contributed by atoms with E-state index < -0.39 is 0 Å². The molecule has 0 aromatic heterocycles. The first kappa shape index (κ1) is 15.7. The first-order valence-electron chi connectivity index (χ1n) is 8.73. The summed E-state index contributed by atoms with van der Waals surface area (Å²) < 4.78 is 5.66. The van der Waals surface area contributed by atoms with Crippen LogP contribution in [0.5, 0.6) is 5.75 Å². The van der Waals surface area contributed by atoms with Crippen molar-refractivity contribution in [3.63, 3.8) is 0 Å². The molecular formula is C17H24N4O3. The summed E-state index contributed by atoms with van der Waals surface area (Å²) in [6.45, 7) is 6.37. The maximum Gasteiger partial charge on any atom is 0.312 e. The van der Waals surface area contributed by atoms with Gasteiger partial charge < -0.3 is 14.5 Å². The summed E-state index contributed by atoms with van der Waals surface area (Å²) in [4.78, 5) is 18.1. The average Bonchev–Trinajstić information content (AvgIpc) is 3.33. The van der Waals surface area contributed by atoms with Crippen LogP contribution in [0.3, 0.4) is 0 Å². The van der Waals surface area contributed by atoms with Crippen LogP contribution in [0.15, 0.2) is 18.2 Å². The molecule has 7 nitrogen and oxygen atoms in total. The van der Waals surface area contributed by atoms with Crippen molar-refractivity contribution in [2.24, 2.45) is 0 Å². The number of hydrogen-bond donors (Lipinski definition) is 0. The Kier molecular flexibility index (Phi) is 4.05. The molecule has 3 aliphatic rings. The number of ether oxygens (including phenoxy) is 1. The molecule has 0 spiro atoms. The number of benzene rings is 1. The Balaban J connectivity index is 1.40. The monoisotopic (exact) mass is 332 g/mol. The van der Waals surface area contributed by atoms with Gasteiger partial charge in [0.1, 0.15) is 0 Å². The largest absolute Gasteiger partial charge is 0.483 e. The molecule has 4 rings (SSSR count). The lowest BCUT2D eigenvalue weighted by molar-refractivity contribution is -0.385. The van der Waals surface area contributed by atoms with Gasteiger partial charge in [0.25, 0.3) is 0 Å². The molecular weight excluding hydrogens is 308 g/mol. The Hall–Kier alpha value is -1.86. The minimum Gasteiger partial charge on any atom is -0.483 e. The van der Waals surface area contributed by atoms with Crippen molar-refractivity contribution >= 4 is 11.4 Å². The molecule has 1 saturated carbocycles. The number of anilines is 1. The van der Waals surface area contributed by atoms with E-state index >= 15 is 0 Å². The molecule has 0 bridgehead atoms. The molecule has 0 radical (unpaired) electrons. The van der Waals surface area contributed by atoms with E-state index in [2.05, 4.69) is 21.7 Å². The molecule has 0 amide bonds. The molecule has 3 fully saturated rings. The maximum absolute atomic E-state index is 11.3. The normalized spacial score (nSPS) is 23.1. The average molecular weight is 332 g/mol. The quantitative estimate of drug-likeness (QED) is 0.602. The summed E-state index contributed by atoms with van der Waals surface area (Å²) in [5.41, 5.74) is 1.01. The van der Waals surface area contributed by atoms with E-state index in [4.69, 9.17) is 4.74 Å². The van der Waals surface area contributed by atoms with Crippen LogP contribution in [0.1, 0.15) is 12.8 Å². The fourth-order valence-electron chi connectivity index (χ4n) is 3.39. The van der Waals surface area contributed by atoms with Crippen LogP contribution in [-0.2, 0) is 0 Å². The SMILES string of the molecule is CN1CCN(C2CN(c3ccc(OC4CC4)c([N+](=O)[O-])c3)C2)CC1. The number of piperazine rings is 1. The van der Waals surface area contributed by atoms with Gasteiger partial charge in [0.2, 0.25) is 0 Å². The van der Waals surface area contributed by atoms with Gasteiger partial charge in [-0.3, -0.25) is 15.0 Å². The van der Waals surface area contributed by atoms with Gasteiger partial charge in [0.15, 0.2) is 5.75 Å². The third-order valence-corrected chi connectivity index (χ3v) is 5.24. The fourth-order valence-corrected chi connectivity index (χ4v) is 3.39. The highest BCUT2D eigenvalue weighted by Gasteiger charge is 2.34. The first-order valence-corrected chi connectivity index (χ1v) is 8.73. The second kappa shape index (κ2) is 6.22. The van der Waals surface area contributed by atoms with Crippen molar-refractivity contribution in [3.8, 4) is 5.75 Å². The van der Waals surface area contributed by atoms with E-state index in [1.807, 2.05) is 6.07 Å². The summed E-state index contributed by atoms with van der Waals surface area (Å²) in [6.07, 6.45) is 2.16. The van der Waals surface area contributed by atoms with Gasteiger partial charge in [0.05, 0.1) is 11.0 Å². The molecule has 24 heavy (non-hydrogen) atoms. The summed E-state index contributed by atoms with van der Waals surface area (Å²) in [6, 6.07) is 5.94. The molecule has 1 aromatic carbocycles. The van der Waals surface area contributed by atoms with Crippen LogP contribution in [-0.4, -0.2) is 73.2 Å². The summed E-state index contributed by atoms with van der Waals surface area (Å²) >= 11 is 0. The molecule has 7 heteroatoms. The van der Waals surface area contributed by atoms with E-state index in [-0.39, 0.29) is 16.7 Å². The second-order valence-electron chi connectivity index (χ2n) is 7.12. The topological polar surface area (TPSA) is 62.1 Å². The molecule has 2 heterocycles. The smallest absolute Gasteiger partial charge is 0.312 e. The van der Waals surface area contributed by atoms with Gasteiger partial charge in [-0.15, -0.1) is 0 Å². The van der Waals surface area contributed by atoms with Gasteiger partial charge >= 0.3 is 5.69 Å². The Bertz CT molecular complexity index is 620. The van der Waals surface area contributed by atoms with Crippen LogP contribution in [0.4, 0.5) is 11.4 Å². The number of hydrogen-bond acceptors (Lipinski definition) is 6. The number of rotatable bonds is 5. The molecule has 130 valence electrons. The van der Waals surface area contributed by atoms with Gasteiger partial charge in [-0.2, -0.15) is 0 Å². The third-order valence-electron chi connectivity index (χ3n) is 5.24. The zero-order chi connectivity index (χ0) is 16.7. The number of nitro groups is 1. The fraction of sp³-hybridized carbons (Fsp3) is 0.647. The zero-order valence-corrected chi connectivity index (χ0v) is 14.1. The molecule has 0 unspecified atom stereocenters. The number of nitrogens with zero attached hydrogens (tertiary/aromatic N) is 4. The van der Waals surface area contributed by atoms with Gasteiger partial charge in [-0.05, 0) is 32.0 Å². The summed E-state index contributed by atoms with van der Waals surface area (Å²) in [7, 11) is 2.16. The molecule has 0 atom stereocenters. The molecule has 1 aromatic rings. The molecule has 2 aliphatic heterocycles. The molecule has 2 saturated heterocycles. The van der Waals surface area contributed by atoms with Crippen LogP contribution in [0.25, 0.3) is 0 Å². The van der Waals surface area contributed by atoms with Gasteiger partial charge in [0, 0.05) is 57.1 Å². The van der Waals surface area contributed by atoms with E-state index in [0.717, 1.165) is 57.8 Å². The van der Waals surface area contributed by atoms with Crippen LogP contribution in [0.2, 0.25) is 0 Å². The van der Waals surface area contributed by atoms with Crippen molar-refractivity contribution < 1.29 is 9.66 Å². The highest BCUT2D eigenvalue weighted by atomic mass is 16.6. The van der Waals surface area contributed by atoms with E-state index in [1.165, 1.54) is 0 Å². The highest BCUT2D eigenvalue weighted by molar-refractivity contribution is 5.61. The Morgan fingerprint density at radius 3 is 2.50 bits per heavy atom. The Morgan fingerprint density at radius 1 is 1.17 bits per heavy atom. The molecule has 0 N–H and O–H groups in total. The number of nitro benzene ring substituents is 1.